The van der Waals surface area contributed by atoms with Crippen molar-refractivity contribution in [1.82, 2.24) is 5.32 Å². The molecule has 0 bridgehead atoms. The molecule has 1 aromatic carbocycles. The van der Waals surface area contributed by atoms with Crippen LogP contribution in [0.15, 0.2) is 18.2 Å². The minimum Gasteiger partial charge on any atom is -0.350 e. The average Bonchev–Trinajstić information content (AvgIpc) is 2.38. The van der Waals surface area contributed by atoms with Gasteiger partial charge >= 0.3 is 0 Å². The number of halogens is 1. The Morgan fingerprint density at radius 1 is 1.47 bits per heavy atom. The molecule has 3 nitrogen and oxygen atoms in total. The highest BCUT2D eigenvalue weighted by Gasteiger charge is 2.14. The van der Waals surface area contributed by atoms with Gasteiger partial charge < -0.3 is 11.1 Å². The number of amides is 1. The van der Waals surface area contributed by atoms with Gasteiger partial charge in [0.1, 0.15) is 5.82 Å². The number of aryl methyl sites for hydroxylation is 1. The summed E-state index contributed by atoms with van der Waals surface area (Å²) in [6.07, 6.45) is 1.31. The van der Waals surface area contributed by atoms with Crippen LogP contribution >= 0.6 is 0 Å². The van der Waals surface area contributed by atoms with E-state index >= 15 is 0 Å². The summed E-state index contributed by atoms with van der Waals surface area (Å²) >= 11 is 0. The average molecular weight is 266 g/mol. The SMILES string of the molecule is CCC(CN)CC(=O)NC(C)c1ccc(C)c(F)c1. The third kappa shape index (κ3) is 4.63. The quantitative estimate of drug-likeness (QED) is 0.831. The Balaban J connectivity index is 2.61. The van der Waals surface area contributed by atoms with E-state index in [9.17, 15) is 9.18 Å². The molecule has 0 fully saturated rings. The molecule has 0 aliphatic rings. The second kappa shape index (κ2) is 7.24. The molecule has 2 atom stereocenters. The fourth-order valence-corrected chi connectivity index (χ4v) is 1.92. The van der Waals surface area contributed by atoms with E-state index in [1.807, 2.05) is 19.9 Å². The Bertz CT molecular complexity index is 430. The van der Waals surface area contributed by atoms with Gasteiger partial charge in [0.2, 0.25) is 5.91 Å². The van der Waals surface area contributed by atoms with Gasteiger partial charge in [-0.15, -0.1) is 0 Å². The van der Waals surface area contributed by atoms with Crippen molar-refractivity contribution in [1.29, 1.82) is 0 Å². The van der Waals surface area contributed by atoms with Gasteiger partial charge in [-0.2, -0.15) is 0 Å². The predicted molar refractivity (Wildman–Crippen MR) is 75.1 cm³/mol. The lowest BCUT2D eigenvalue weighted by Gasteiger charge is -2.17. The Hall–Kier alpha value is -1.42. The minimum atomic E-state index is -0.244. The summed E-state index contributed by atoms with van der Waals surface area (Å²) in [5.74, 6) is -0.0697. The van der Waals surface area contributed by atoms with Gasteiger partial charge in [-0.3, -0.25) is 4.79 Å². The maximum atomic E-state index is 13.5. The lowest BCUT2D eigenvalue weighted by atomic mass is 10.0. The van der Waals surface area contributed by atoms with Crippen LogP contribution in [-0.2, 0) is 4.79 Å². The fraction of sp³-hybridized carbons (Fsp3) is 0.533. The normalized spacial score (nSPS) is 13.9. The van der Waals surface area contributed by atoms with E-state index in [1.54, 1.807) is 13.0 Å². The largest absolute Gasteiger partial charge is 0.350 e. The third-order valence-corrected chi connectivity index (χ3v) is 3.46. The number of benzene rings is 1. The second-order valence-corrected chi connectivity index (χ2v) is 5.01. The van der Waals surface area contributed by atoms with Crippen LogP contribution in [0.1, 0.15) is 43.9 Å². The lowest BCUT2D eigenvalue weighted by Crippen LogP contribution is -2.30. The van der Waals surface area contributed by atoms with Gasteiger partial charge in [-0.05, 0) is 43.5 Å². The molecule has 0 aliphatic carbocycles. The molecule has 0 radical (unpaired) electrons. The number of nitrogens with two attached hydrogens (primary N) is 1. The van der Waals surface area contributed by atoms with Crippen molar-refractivity contribution >= 4 is 5.91 Å². The topological polar surface area (TPSA) is 55.1 Å². The second-order valence-electron chi connectivity index (χ2n) is 5.01. The van der Waals surface area contributed by atoms with Crippen LogP contribution in [0, 0.1) is 18.7 Å². The van der Waals surface area contributed by atoms with Crippen LogP contribution in [0.2, 0.25) is 0 Å². The van der Waals surface area contributed by atoms with Gasteiger partial charge in [0.15, 0.2) is 0 Å². The molecule has 4 heteroatoms. The first-order chi connectivity index (χ1) is 8.97. The Labute approximate surface area is 114 Å². The van der Waals surface area contributed by atoms with E-state index in [4.69, 9.17) is 5.73 Å². The smallest absolute Gasteiger partial charge is 0.220 e. The zero-order valence-electron chi connectivity index (χ0n) is 11.9. The standard InChI is InChI=1S/C15H23FN2O/c1-4-12(9-17)7-15(19)18-11(3)13-6-5-10(2)14(16)8-13/h5-6,8,11-12H,4,7,9,17H2,1-3H3,(H,18,19). The summed E-state index contributed by atoms with van der Waals surface area (Å²) in [5.41, 5.74) is 6.96. The summed E-state index contributed by atoms with van der Waals surface area (Å²) in [4.78, 5) is 11.8. The molecule has 0 spiro atoms. The Morgan fingerprint density at radius 2 is 2.16 bits per heavy atom. The fourth-order valence-electron chi connectivity index (χ4n) is 1.92. The van der Waals surface area contributed by atoms with Gasteiger partial charge in [0, 0.05) is 6.42 Å². The summed E-state index contributed by atoms with van der Waals surface area (Å²) in [5, 5.41) is 2.88. The predicted octanol–water partition coefficient (Wildman–Crippen LogP) is 2.69. The summed E-state index contributed by atoms with van der Waals surface area (Å²) in [7, 11) is 0. The highest BCUT2D eigenvalue weighted by molar-refractivity contribution is 5.76. The van der Waals surface area contributed by atoms with Gasteiger partial charge in [-0.25, -0.2) is 4.39 Å². The van der Waals surface area contributed by atoms with Crippen molar-refractivity contribution in [3.05, 3.63) is 35.1 Å². The van der Waals surface area contributed by atoms with E-state index in [0.717, 1.165) is 12.0 Å². The number of hydrogen-bond donors (Lipinski definition) is 2. The molecule has 0 heterocycles. The van der Waals surface area contributed by atoms with Crippen LogP contribution in [0.5, 0.6) is 0 Å². The molecule has 1 rings (SSSR count). The van der Waals surface area contributed by atoms with Crippen molar-refractivity contribution in [2.75, 3.05) is 6.54 Å². The molecular weight excluding hydrogens is 243 g/mol. The maximum absolute atomic E-state index is 13.5. The van der Waals surface area contributed by atoms with Crippen LogP contribution < -0.4 is 11.1 Å². The molecule has 2 unspecified atom stereocenters. The van der Waals surface area contributed by atoms with Crippen LogP contribution in [0.4, 0.5) is 4.39 Å². The first-order valence-electron chi connectivity index (χ1n) is 6.73. The molecular formula is C15H23FN2O. The molecule has 1 amide bonds. The van der Waals surface area contributed by atoms with E-state index in [1.165, 1.54) is 6.07 Å². The summed E-state index contributed by atoms with van der Waals surface area (Å²) in [6, 6.07) is 4.84. The highest BCUT2D eigenvalue weighted by Crippen LogP contribution is 2.17. The van der Waals surface area contributed by atoms with Crippen molar-refractivity contribution < 1.29 is 9.18 Å². The molecule has 3 N–H and O–H groups in total. The first-order valence-corrected chi connectivity index (χ1v) is 6.73. The molecule has 19 heavy (non-hydrogen) atoms. The number of nitrogens with one attached hydrogen (secondary N) is 1. The van der Waals surface area contributed by atoms with E-state index in [-0.39, 0.29) is 23.7 Å². The number of carbonyl (C=O) groups excluding carboxylic acids is 1. The molecule has 1 aromatic rings. The van der Waals surface area contributed by atoms with Crippen LogP contribution in [0.3, 0.4) is 0 Å². The van der Waals surface area contributed by atoms with Crippen molar-refractivity contribution in [3.63, 3.8) is 0 Å². The number of carbonyl (C=O) groups is 1. The summed E-state index contributed by atoms with van der Waals surface area (Å²) < 4.78 is 13.5. The molecule has 0 saturated carbocycles. The van der Waals surface area contributed by atoms with Crippen molar-refractivity contribution in [2.24, 2.45) is 11.7 Å². The number of hydrogen-bond acceptors (Lipinski definition) is 2. The van der Waals surface area contributed by atoms with Crippen LogP contribution in [-0.4, -0.2) is 12.5 Å². The molecule has 106 valence electrons. The van der Waals surface area contributed by atoms with Gasteiger partial charge in [0.25, 0.3) is 0 Å². The van der Waals surface area contributed by atoms with Crippen LogP contribution in [0.25, 0.3) is 0 Å². The minimum absolute atomic E-state index is 0.0363. The maximum Gasteiger partial charge on any atom is 0.220 e. The Kier molecular flexibility index (Phi) is 5.96. The third-order valence-electron chi connectivity index (χ3n) is 3.46. The van der Waals surface area contributed by atoms with Gasteiger partial charge in [0.05, 0.1) is 6.04 Å². The van der Waals surface area contributed by atoms with Crippen molar-refractivity contribution in [3.8, 4) is 0 Å². The summed E-state index contributed by atoms with van der Waals surface area (Å²) in [6.45, 7) is 6.10. The highest BCUT2D eigenvalue weighted by atomic mass is 19.1. The van der Waals surface area contributed by atoms with Gasteiger partial charge in [-0.1, -0.05) is 25.5 Å². The monoisotopic (exact) mass is 266 g/mol. The van der Waals surface area contributed by atoms with E-state index in [0.29, 0.717) is 18.5 Å². The van der Waals surface area contributed by atoms with E-state index < -0.39 is 0 Å². The van der Waals surface area contributed by atoms with E-state index in [2.05, 4.69) is 5.32 Å². The molecule has 0 aromatic heterocycles. The Morgan fingerprint density at radius 3 is 2.68 bits per heavy atom. The zero-order valence-corrected chi connectivity index (χ0v) is 11.9. The first kappa shape index (κ1) is 15.6. The van der Waals surface area contributed by atoms with Crippen molar-refractivity contribution in [2.45, 2.75) is 39.7 Å². The zero-order chi connectivity index (χ0) is 14.4. The molecule has 0 aliphatic heterocycles. The molecule has 0 saturated heterocycles. The lowest BCUT2D eigenvalue weighted by molar-refractivity contribution is -0.122. The number of rotatable bonds is 6.